The molecule has 3 aromatic rings. The molecule has 1 saturated carbocycles. The van der Waals surface area contributed by atoms with Gasteiger partial charge in [0.05, 0.1) is 25.3 Å². The Hall–Kier alpha value is -3.85. The van der Waals surface area contributed by atoms with Gasteiger partial charge >= 0.3 is 6.03 Å². The lowest BCUT2D eigenvalue weighted by Gasteiger charge is -2.29. The number of urea groups is 1. The van der Waals surface area contributed by atoms with Crippen LogP contribution < -0.4 is 20.7 Å². The predicted molar refractivity (Wildman–Crippen MR) is 139 cm³/mol. The number of carbonyl (C=O) groups is 2. The minimum Gasteiger partial charge on any atom is -0.497 e. The van der Waals surface area contributed by atoms with E-state index in [9.17, 15) is 9.59 Å². The molecule has 0 spiro atoms. The Morgan fingerprint density at radius 2 is 1.70 bits per heavy atom. The molecule has 0 atom stereocenters. The van der Waals surface area contributed by atoms with E-state index < -0.39 is 0 Å². The van der Waals surface area contributed by atoms with Crippen molar-refractivity contribution in [3.05, 3.63) is 77.2 Å². The molecule has 0 bridgehead atoms. The highest BCUT2D eigenvalue weighted by atomic mass is 16.5. The number of nitrogens with one attached hydrogen (secondary N) is 3. The van der Waals surface area contributed by atoms with E-state index >= 15 is 0 Å². The number of ether oxygens (including phenoxy) is 2. The van der Waals surface area contributed by atoms with Crippen LogP contribution in [0.2, 0.25) is 0 Å². The van der Waals surface area contributed by atoms with Gasteiger partial charge in [0.15, 0.2) is 5.76 Å². The molecule has 0 saturated heterocycles. The molecule has 3 amide bonds. The Kier molecular flexibility index (Phi) is 9.15. The SMILES string of the molecule is COc1ccc(CNC(=O)Nc2ccc(CC(=O)NC3CCC(OCc4cc(C)no4)CC3)cc2)cc1. The van der Waals surface area contributed by atoms with E-state index in [0.29, 0.717) is 25.3 Å². The molecule has 0 aliphatic heterocycles. The summed E-state index contributed by atoms with van der Waals surface area (Å²) in [5.41, 5.74) is 3.37. The van der Waals surface area contributed by atoms with Gasteiger partial charge in [0.2, 0.25) is 5.91 Å². The van der Waals surface area contributed by atoms with Gasteiger partial charge in [-0.25, -0.2) is 4.79 Å². The molecular weight excluding hydrogens is 472 g/mol. The third-order valence-corrected chi connectivity index (χ3v) is 6.37. The Morgan fingerprint density at radius 3 is 2.35 bits per heavy atom. The predicted octanol–water partition coefficient (Wildman–Crippen LogP) is 4.50. The lowest BCUT2D eigenvalue weighted by atomic mass is 9.92. The van der Waals surface area contributed by atoms with E-state index in [2.05, 4.69) is 21.1 Å². The monoisotopic (exact) mass is 506 g/mol. The van der Waals surface area contributed by atoms with Crippen molar-refractivity contribution < 1.29 is 23.6 Å². The number of benzene rings is 2. The Labute approximate surface area is 216 Å². The standard InChI is InChI=1S/C28H34N4O5/c1-19-15-26(37-32-19)18-36-25-13-9-22(10-14-25)30-27(33)16-20-3-7-23(8-4-20)31-28(34)29-17-21-5-11-24(35-2)12-6-21/h3-8,11-12,15,22,25H,9-10,13-14,16-18H2,1-2H3,(H,30,33)(H2,29,31,34). The molecule has 1 aliphatic rings. The number of carbonyl (C=O) groups excluding carboxylic acids is 2. The molecule has 0 unspecified atom stereocenters. The van der Waals surface area contributed by atoms with Crippen molar-refractivity contribution >= 4 is 17.6 Å². The topological polar surface area (TPSA) is 115 Å². The Morgan fingerprint density at radius 1 is 1.00 bits per heavy atom. The van der Waals surface area contributed by atoms with Crippen molar-refractivity contribution in [3.8, 4) is 5.75 Å². The second-order valence-electron chi connectivity index (χ2n) is 9.32. The van der Waals surface area contributed by atoms with E-state index in [1.165, 1.54) is 0 Å². The van der Waals surface area contributed by atoms with E-state index in [4.69, 9.17) is 14.0 Å². The molecule has 0 radical (unpaired) electrons. The zero-order chi connectivity index (χ0) is 26.0. The molecule has 37 heavy (non-hydrogen) atoms. The third kappa shape index (κ3) is 8.35. The minimum absolute atomic E-state index is 0.000512. The number of amides is 3. The van der Waals surface area contributed by atoms with Gasteiger partial charge in [0.25, 0.3) is 0 Å². The van der Waals surface area contributed by atoms with Gasteiger partial charge in [-0.1, -0.05) is 29.4 Å². The summed E-state index contributed by atoms with van der Waals surface area (Å²) in [6.45, 7) is 2.72. The van der Waals surface area contributed by atoms with Crippen LogP contribution in [0.4, 0.5) is 10.5 Å². The smallest absolute Gasteiger partial charge is 0.319 e. The van der Waals surface area contributed by atoms with Crippen molar-refractivity contribution in [2.75, 3.05) is 12.4 Å². The van der Waals surface area contributed by atoms with Crippen molar-refractivity contribution in [1.82, 2.24) is 15.8 Å². The first-order valence-corrected chi connectivity index (χ1v) is 12.6. The average molecular weight is 507 g/mol. The van der Waals surface area contributed by atoms with Crippen molar-refractivity contribution in [2.45, 2.75) is 64.3 Å². The number of aromatic nitrogens is 1. The largest absolute Gasteiger partial charge is 0.497 e. The average Bonchev–Trinajstić information content (AvgIpc) is 3.33. The van der Waals surface area contributed by atoms with Crippen molar-refractivity contribution in [1.29, 1.82) is 0 Å². The maximum atomic E-state index is 12.5. The lowest BCUT2D eigenvalue weighted by molar-refractivity contribution is -0.121. The van der Waals surface area contributed by atoms with Crippen LogP contribution in [-0.4, -0.2) is 36.4 Å². The number of methoxy groups -OCH3 is 1. The highest BCUT2D eigenvalue weighted by molar-refractivity contribution is 5.89. The lowest BCUT2D eigenvalue weighted by Crippen LogP contribution is -2.39. The maximum Gasteiger partial charge on any atom is 0.319 e. The molecule has 1 fully saturated rings. The first kappa shape index (κ1) is 26.2. The van der Waals surface area contributed by atoms with Crippen molar-refractivity contribution in [3.63, 3.8) is 0 Å². The fourth-order valence-electron chi connectivity index (χ4n) is 4.33. The quantitative estimate of drug-likeness (QED) is 0.373. The van der Waals surface area contributed by atoms with Gasteiger partial charge in [-0.15, -0.1) is 0 Å². The summed E-state index contributed by atoms with van der Waals surface area (Å²) in [6.07, 6.45) is 4.05. The highest BCUT2D eigenvalue weighted by Crippen LogP contribution is 2.23. The zero-order valence-corrected chi connectivity index (χ0v) is 21.3. The molecule has 1 aliphatic carbocycles. The molecule has 2 aromatic carbocycles. The minimum atomic E-state index is -0.295. The Bertz CT molecular complexity index is 1150. The van der Waals surface area contributed by atoms with Gasteiger partial charge in [-0.3, -0.25) is 4.79 Å². The fraction of sp³-hybridized carbons (Fsp3) is 0.393. The van der Waals surface area contributed by atoms with Crippen LogP contribution in [0.1, 0.15) is 48.3 Å². The van der Waals surface area contributed by atoms with E-state index in [0.717, 1.165) is 54.0 Å². The fourth-order valence-corrected chi connectivity index (χ4v) is 4.33. The number of nitrogens with zero attached hydrogens (tertiary/aromatic N) is 1. The van der Waals surface area contributed by atoms with Crippen LogP contribution in [0.25, 0.3) is 0 Å². The molecule has 9 nitrogen and oxygen atoms in total. The van der Waals surface area contributed by atoms with E-state index in [1.807, 2.05) is 49.4 Å². The molecule has 3 N–H and O–H groups in total. The van der Waals surface area contributed by atoms with Crippen LogP contribution in [-0.2, 0) is 29.1 Å². The normalized spacial score (nSPS) is 17.1. The highest BCUT2D eigenvalue weighted by Gasteiger charge is 2.23. The molecule has 4 rings (SSSR count). The first-order valence-electron chi connectivity index (χ1n) is 12.6. The van der Waals surface area contributed by atoms with Gasteiger partial charge in [-0.05, 0) is 68.0 Å². The van der Waals surface area contributed by atoms with Gasteiger partial charge in [-0.2, -0.15) is 0 Å². The number of hydrogen-bond donors (Lipinski definition) is 3. The van der Waals surface area contributed by atoms with Gasteiger partial charge in [0.1, 0.15) is 12.4 Å². The molecule has 1 heterocycles. The van der Waals surface area contributed by atoms with Gasteiger partial charge < -0.3 is 29.9 Å². The van der Waals surface area contributed by atoms with Crippen LogP contribution in [0.3, 0.4) is 0 Å². The molecular formula is C28H34N4O5. The third-order valence-electron chi connectivity index (χ3n) is 6.37. The summed E-state index contributed by atoms with van der Waals surface area (Å²) in [4.78, 5) is 24.8. The first-order chi connectivity index (χ1) is 18.0. The molecule has 9 heteroatoms. The summed E-state index contributed by atoms with van der Waals surface area (Å²) in [5, 5.41) is 12.6. The zero-order valence-electron chi connectivity index (χ0n) is 21.3. The number of rotatable bonds is 10. The number of anilines is 1. The summed E-state index contributed by atoms with van der Waals surface area (Å²) in [5.74, 6) is 1.51. The number of aryl methyl sites for hydroxylation is 1. The maximum absolute atomic E-state index is 12.5. The van der Waals surface area contributed by atoms with Crippen molar-refractivity contribution in [2.24, 2.45) is 0 Å². The summed E-state index contributed by atoms with van der Waals surface area (Å²) in [6, 6.07) is 16.6. The Balaban J connectivity index is 1.13. The van der Waals surface area contributed by atoms with Crippen LogP contribution in [0.5, 0.6) is 5.75 Å². The summed E-state index contributed by atoms with van der Waals surface area (Å²) >= 11 is 0. The number of hydrogen-bond acceptors (Lipinski definition) is 6. The molecule has 196 valence electrons. The van der Waals surface area contributed by atoms with E-state index in [1.54, 1.807) is 19.2 Å². The van der Waals surface area contributed by atoms with Crippen LogP contribution in [0, 0.1) is 6.92 Å². The van der Waals surface area contributed by atoms with E-state index in [-0.39, 0.29) is 24.1 Å². The summed E-state index contributed by atoms with van der Waals surface area (Å²) in [7, 11) is 1.62. The molecule has 1 aromatic heterocycles. The van der Waals surface area contributed by atoms with Gasteiger partial charge in [0, 0.05) is 24.3 Å². The summed E-state index contributed by atoms with van der Waals surface area (Å²) < 4.78 is 16.3. The van der Waals surface area contributed by atoms with Crippen LogP contribution >= 0.6 is 0 Å². The second kappa shape index (κ2) is 12.9. The second-order valence-corrected chi connectivity index (χ2v) is 9.32. The van der Waals surface area contributed by atoms with Crippen LogP contribution in [0.15, 0.2) is 59.1 Å².